The van der Waals surface area contributed by atoms with Crippen molar-refractivity contribution in [1.29, 1.82) is 0 Å². The Bertz CT molecular complexity index is 931. The monoisotopic (exact) mass is 414 g/mol. The van der Waals surface area contributed by atoms with Gasteiger partial charge in [-0.1, -0.05) is 0 Å². The molecule has 1 saturated heterocycles. The van der Waals surface area contributed by atoms with E-state index in [-0.39, 0.29) is 18.2 Å². The van der Waals surface area contributed by atoms with Crippen LogP contribution in [0.3, 0.4) is 0 Å². The fourth-order valence-electron chi connectivity index (χ4n) is 2.88. The zero-order chi connectivity index (χ0) is 21.5. The number of benzene rings is 1. The Morgan fingerprint density at radius 2 is 1.90 bits per heavy atom. The number of anilines is 2. The number of amides is 2. The lowest BCUT2D eigenvalue weighted by Gasteiger charge is -2.28. The summed E-state index contributed by atoms with van der Waals surface area (Å²) in [4.78, 5) is 37.7. The van der Waals surface area contributed by atoms with Gasteiger partial charge in [-0.15, -0.1) is 0 Å². The second-order valence-electron chi connectivity index (χ2n) is 6.66. The Labute approximate surface area is 172 Å². The molecule has 1 aromatic heterocycles. The number of hydrogen-bond donors (Lipinski definition) is 1. The Morgan fingerprint density at radius 1 is 1.20 bits per heavy atom. The Kier molecular flexibility index (Phi) is 6.81. The van der Waals surface area contributed by atoms with Gasteiger partial charge in [-0.2, -0.15) is 0 Å². The van der Waals surface area contributed by atoms with Crippen LogP contribution in [0.2, 0.25) is 0 Å². The molecule has 1 aliphatic heterocycles. The Balaban J connectivity index is 1.49. The van der Waals surface area contributed by atoms with Crippen LogP contribution in [-0.2, 0) is 14.3 Å². The molecular weight excluding hydrogens is 392 g/mol. The molecule has 0 spiro atoms. The predicted molar refractivity (Wildman–Crippen MR) is 110 cm³/mol. The van der Waals surface area contributed by atoms with E-state index >= 15 is 0 Å². The lowest BCUT2D eigenvalue weighted by molar-refractivity contribution is -0.402. The lowest BCUT2D eigenvalue weighted by atomic mass is 10.2. The first-order chi connectivity index (χ1) is 14.4. The van der Waals surface area contributed by atoms with Gasteiger partial charge < -0.3 is 24.3 Å². The highest BCUT2D eigenvalue weighted by Gasteiger charge is 2.14. The third kappa shape index (κ3) is 5.67. The molecule has 0 bridgehead atoms. The van der Waals surface area contributed by atoms with Crippen LogP contribution < -0.4 is 10.2 Å². The van der Waals surface area contributed by atoms with Crippen molar-refractivity contribution in [3.8, 4) is 0 Å². The van der Waals surface area contributed by atoms with E-state index in [1.807, 2.05) is 24.3 Å². The highest BCUT2D eigenvalue weighted by molar-refractivity contribution is 5.97. The van der Waals surface area contributed by atoms with Gasteiger partial charge >= 0.3 is 5.88 Å². The second kappa shape index (κ2) is 9.70. The van der Waals surface area contributed by atoms with Gasteiger partial charge in [0.05, 0.1) is 25.8 Å². The van der Waals surface area contributed by atoms with Crippen molar-refractivity contribution >= 4 is 35.1 Å². The number of morpholine rings is 1. The molecule has 1 aromatic carbocycles. The van der Waals surface area contributed by atoms with E-state index in [1.54, 1.807) is 0 Å². The van der Waals surface area contributed by atoms with E-state index in [4.69, 9.17) is 9.15 Å². The summed E-state index contributed by atoms with van der Waals surface area (Å²) in [5.74, 6) is -1.01. The average Bonchev–Trinajstić information content (AvgIpc) is 3.22. The largest absolute Gasteiger partial charge is 0.433 e. The SMILES string of the molecule is CN(CC(=O)Nc1ccc(N2CCOCC2)cc1)C(=O)/C=C/c1ccc([N+](=O)[O-])o1. The summed E-state index contributed by atoms with van der Waals surface area (Å²) in [7, 11) is 1.48. The molecule has 30 heavy (non-hydrogen) atoms. The minimum atomic E-state index is -0.664. The molecule has 0 saturated carbocycles. The van der Waals surface area contributed by atoms with Crippen LogP contribution in [0.1, 0.15) is 5.76 Å². The number of rotatable bonds is 7. The molecule has 0 atom stereocenters. The molecule has 0 aliphatic carbocycles. The van der Waals surface area contributed by atoms with Crippen molar-refractivity contribution in [3.05, 3.63) is 58.3 Å². The fraction of sp³-hybridized carbons (Fsp3) is 0.300. The molecule has 1 aliphatic rings. The van der Waals surface area contributed by atoms with Crippen LogP contribution in [0.4, 0.5) is 17.3 Å². The zero-order valence-corrected chi connectivity index (χ0v) is 16.4. The molecule has 3 rings (SSSR count). The summed E-state index contributed by atoms with van der Waals surface area (Å²) in [5.41, 5.74) is 1.70. The van der Waals surface area contributed by atoms with E-state index in [1.165, 1.54) is 36.2 Å². The summed E-state index contributed by atoms with van der Waals surface area (Å²) in [6.45, 7) is 2.91. The van der Waals surface area contributed by atoms with Crippen molar-refractivity contribution in [3.63, 3.8) is 0 Å². The average molecular weight is 414 g/mol. The smallest absolute Gasteiger partial charge is 0.401 e. The van der Waals surface area contributed by atoms with E-state index in [9.17, 15) is 19.7 Å². The number of nitro groups is 1. The molecule has 2 heterocycles. The molecule has 2 amide bonds. The highest BCUT2D eigenvalue weighted by Crippen LogP contribution is 2.19. The molecule has 158 valence electrons. The first kappa shape index (κ1) is 21.1. The summed E-state index contributed by atoms with van der Waals surface area (Å²) in [5, 5.41) is 13.3. The van der Waals surface area contributed by atoms with Crippen molar-refractivity contribution in [2.24, 2.45) is 0 Å². The maximum atomic E-state index is 12.2. The molecule has 10 nitrogen and oxygen atoms in total. The van der Waals surface area contributed by atoms with Crippen molar-refractivity contribution in [2.45, 2.75) is 0 Å². The summed E-state index contributed by atoms with van der Waals surface area (Å²) in [6.07, 6.45) is 2.50. The van der Waals surface area contributed by atoms with Gasteiger partial charge in [0.15, 0.2) is 0 Å². The van der Waals surface area contributed by atoms with E-state index in [0.29, 0.717) is 18.9 Å². The molecule has 2 aromatic rings. The number of nitrogens with one attached hydrogen (secondary N) is 1. The predicted octanol–water partition coefficient (Wildman–Crippen LogP) is 2.13. The van der Waals surface area contributed by atoms with Gasteiger partial charge in [0.25, 0.3) is 0 Å². The fourth-order valence-corrected chi connectivity index (χ4v) is 2.88. The van der Waals surface area contributed by atoms with Crippen LogP contribution in [0, 0.1) is 10.1 Å². The van der Waals surface area contributed by atoms with Crippen LogP contribution >= 0.6 is 0 Å². The summed E-state index contributed by atoms with van der Waals surface area (Å²) in [6, 6.07) is 10.1. The van der Waals surface area contributed by atoms with Crippen LogP contribution in [0.25, 0.3) is 6.08 Å². The lowest BCUT2D eigenvalue weighted by Crippen LogP contribution is -2.36. The standard InChI is InChI=1S/C20H22N4O6/c1-22(19(26)8-6-17-7-9-20(30-17)24(27)28)14-18(25)21-15-2-4-16(5-3-15)23-10-12-29-13-11-23/h2-9H,10-14H2,1H3,(H,21,25)/b8-6+. The van der Waals surface area contributed by atoms with Gasteiger partial charge in [-0.25, -0.2) is 0 Å². The third-order valence-electron chi connectivity index (χ3n) is 4.47. The van der Waals surface area contributed by atoms with E-state index in [0.717, 1.165) is 18.8 Å². The number of carbonyl (C=O) groups excluding carboxylic acids is 2. The van der Waals surface area contributed by atoms with E-state index < -0.39 is 16.7 Å². The summed E-state index contributed by atoms with van der Waals surface area (Å²) >= 11 is 0. The van der Waals surface area contributed by atoms with E-state index in [2.05, 4.69) is 10.2 Å². The number of likely N-dealkylation sites (N-methyl/N-ethyl adjacent to an activating group) is 1. The maximum absolute atomic E-state index is 12.2. The quantitative estimate of drug-likeness (QED) is 0.419. The second-order valence-corrected chi connectivity index (χ2v) is 6.66. The normalized spacial score (nSPS) is 14.0. The van der Waals surface area contributed by atoms with Gasteiger partial charge in [0.2, 0.25) is 11.8 Å². The van der Waals surface area contributed by atoms with Gasteiger partial charge in [0, 0.05) is 37.6 Å². The first-order valence-corrected chi connectivity index (χ1v) is 9.32. The molecular formula is C20H22N4O6. The minimum Gasteiger partial charge on any atom is -0.401 e. The Morgan fingerprint density at radius 3 is 2.53 bits per heavy atom. The van der Waals surface area contributed by atoms with Crippen molar-refractivity contribution in [2.75, 3.05) is 50.1 Å². The molecule has 1 N–H and O–H groups in total. The van der Waals surface area contributed by atoms with Crippen LogP contribution in [0.15, 0.2) is 46.9 Å². The number of carbonyl (C=O) groups is 2. The topological polar surface area (TPSA) is 118 Å². The molecule has 0 unspecified atom stereocenters. The number of furan rings is 1. The Hall–Kier alpha value is -3.66. The molecule has 1 fully saturated rings. The van der Waals surface area contributed by atoms with Gasteiger partial charge in [-0.05, 0) is 36.4 Å². The maximum Gasteiger partial charge on any atom is 0.433 e. The first-order valence-electron chi connectivity index (χ1n) is 9.32. The number of nitrogens with zero attached hydrogens (tertiary/aromatic N) is 3. The van der Waals surface area contributed by atoms with Gasteiger partial charge in [-0.3, -0.25) is 19.7 Å². The summed E-state index contributed by atoms with van der Waals surface area (Å²) < 4.78 is 10.3. The number of hydrogen-bond acceptors (Lipinski definition) is 7. The number of ether oxygens (including phenoxy) is 1. The third-order valence-corrected chi connectivity index (χ3v) is 4.47. The minimum absolute atomic E-state index is 0.146. The van der Waals surface area contributed by atoms with Crippen molar-refractivity contribution in [1.82, 2.24) is 4.90 Å². The molecule has 10 heteroatoms. The van der Waals surface area contributed by atoms with Crippen LogP contribution in [0.5, 0.6) is 0 Å². The van der Waals surface area contributed by atoms with Crippen LogP contribution in [-0.4, -0.2) is 61.5 Å². The molecule has 0 radical (unpaired) electrons. The van der Waals surface area contributed by atoms with Gasteiger partial charge in [0.1, 0.15) is 10.7 Å². The van der Waals surface area contributed by atoms with Crippen molar-refractivity contribution < 1.29 is 23.7 Å². The highest BCUT2D eigenvalue weighted by atomic mass is 16.6. The zero-order valence-electron chi connectivity index (χ0n) is 16.4.